The maximum atomic E-state index is 12.8. The molecule has 1 unspecified atom stereocenters. The van der Waals surface area contributed by atoms with Crippen LogP contribution >= 0.6 is 11.8 Å². The molecule has 1 fully saturated rings. The summed E-state index contributed by atoms with van der Waals surface area (Å²) >= 11 is 1.60. The number of carbonyl (C=O) groups is 3. The Morgan fingerprint density at radius 1 is 1.03 bits per heavy atom. The van der Waals surface area contributed by atoms with Crippen molar-refractivity contribution in [1.29, 1.82) is 0 Å². The highest BCUT2D eigenvalue weighted by Gasteiger charge is 2.32. The number of carbonyl (C=O) groups excluding carboxylic acids is 3. The zero-order chi connectivity index (χ0) is 24.1. The Hall–Kier alpha value is -3.58. The first-order chi connectivity index (χ1) is 16.5. The average molecular weight is 475 g/mol. The number of amides is 2. The molecule has 34 heavy (non-hydrogen) atoms. The first kappa shape index (κ1) is 23.6. The highest BCUT2D eigenvalue weighted by atomic mass is 32.2. The minimum atomic E-state index is -0.458. The number of ether oxygens (including phenoxy) is 1. The number of anilines is 1. The van der Waals surface area contributed by atoms with E-state index in [1.54, 1.807) is 42.1 Å². The lowest BCUT2D eigenvalue weighted by Crippen LogP contribution is -2.30. The second kappa shape index (κ2) is 10.6. The van der Waals surface area contributed by atoms with Gasteiger partial charge in [0.25, 0.3) is 5.91 Å². The molecule has 1 N–H and O–H groups in total. The van der Waals surface area contributed by atoms with E-state index in [1.807, 2.05) is 42.2 Å². The maximum absolute atomic E-state index is 12.8. The minimum absolute atomic E-state index is 0.0627. The van der Waals surface area contributed by atoms with Crippen molar-refractivity contribution >= 4 is 35.2 Å². The lowest BCUT2D eigenvalue weighted by atomic mass is 10.1. The molecule has 0 spiro atoms. The predicted molar refractivity (Wildman–Crippen MR) is 134 cm³/mol. The van der Waals surface area contributed by atoms with Crippen LogP contribution in [0.15, 0.2) is 72.8 Å². The molecule has 4 rings (SSSR count). The molecule has 1 aliphatic rings. The van der Waals surface area contributed by atoms with E-state index in [-0.39, 0.29) is 17.2 Å². The standard InChI is InChI=1S/C27H26N2O4S/c1-18-8-9-22(27(32)33-2)16-23(18)28-25(31)20-10-12-21(13-11-20)26-29(24(30)17-34-26)15-14-19-6-4-3-5-7-19/h3-13,16,26H,14-15,17H2,1-2H3,(H,28,31). The summed E-state index contributed by atoms with van der Waals surface area (Å²) in [6.07, 6.45) is 0.800. The van der Waals surface area contributed by atoms with Gasteiger partial charge in [-0.15, -0.1) is 11.8 Å². The molecule has 1 heterocycles. The molecular formula is C27H26N2O4S. The number of hydrogen-bond donors (Lipinski definition) is 1. The van der Waals surface area contributed by atoms with E-state index in [0.29, 0.717) is 29.1 Å². The summed E-state index contributed by atoms with van der Waals surface area (Å²) in [6.45, 7) is 2.51. The normalized spacial score (nSPS) is 15.3. The number of nitrogens with one attached hydrogen (secondary N) is 1. The smallest absolute Gasteiger partial charge is 0.337 e. The predicted octanol–water partition coefficient (Wildman–Crippen LogP) is 4.85. The van der Waals surface area contributed by atoms with Gasteiger partial charge in [0.1, 0.15) is 5.37 Å². The van der Waals surface area contributed by atoms with E-state index < -0.39 is 5.97 Å². The van der Waals surface area contributed by atoms with Gasteiger partial charge in [-0.05, 0) is 54.3 Å². The fourth-order valence-electron chi connectivity index (χ4n) is 3.86. The summed E-state index contributed by atoms with van der Waals surface area (Å²) in [7, 11) is 1.32. The zero-order valence-corrected chi connectivity index (χ0v) is 19.9. The van der Waals surface area contributed by atoms with Gasteiger partial charge in [0, 0.05) is 17.8 Å². The van der Waals surface area contributed by atoms with Crippen LogP contribution in [0.3, 0.4) is 0 Å². The Balaban J connectivity index is 1.44. The second-order valence-electron chi connectivity index (χ2n) is 8.08. The van der Waals surface area contributed by atoms with Crippen LogP contribution in [0, 0.1) is 6.92 Å². The molecule has 0 bridgehead atoms. The van der Waals surface area contributed by atoms with Crippen molar-refractivity contribution in [3.63, 3.8) is 0 Å². The number of thioether (sulfide) groups is 1. The van der Waals surface area contributed by atoms with Crippen molar-refractivity contribution in [2.24, 2.45) is 0 Å². The molecule has 3 aromatic rings. The van der Waals surface area contributed by atoms with Crippen LogP contribution in [-0.2, 0) is 16.0 Å². The molecule has 174 valence electrons. The van der Waals surface area contributed by atoms with E-state index in [9.17, 15) is 14.4 Å². The molecule has 1 saturated heterocycles. The van der Waals surface area contributed by atoms with Crippen molar-refractivity contribution in [2.75, 3.05) is 24.7 Å². The highest BCUT2D eigenvalue weighted by Crippen LogP contribution is 2.38. The molecule has 0 radical (unpaired) electrons. The Bertz CT molecular complexity index is 1200. The molecule has 1 aliphatic heterocycles. The Morgan fingerprint density at radius 2 is 1.74 bits per heavy atom. The number of aryl methyl sites for hydroxylation is 1. The molecule has 3 aromatic carbocycles. The van der Waals surface area contributed by atoms with Crippen LogP contribution in [0.4, 0.5) is 5.69 Å². The molecule has 0 aromatic heterocycles. The number of hydrogen-bond acceptors (Lipinski definition) is 5. The van der Waals surface area contributed by atoms with Crippen LogP contribution in [-0.4, -0.2) is 42.1 Å². The van der Waals surface area contributed by atoms with Crippen molar-refractivity contribution in [3.05, 3.63) is 101 Å². The van der Waals surface area contributed by atoms with E-state index in [1.165, 1.54) is 12.7 Å². The second-order valence-corrected chi connectivity index (χ2v) is 9.15. The number of nitrogens with zero attached hydrogens (tertiary/aromatic N) is 1. The fraction of sp³-hybridized carbons (Fsp3) is 0.222. The quantitative estimate of drug-likeness (QED) is 0.496. The van der Waals surface area contributed by atoms with E-state index >= 15 is 0 Å². The summed E-state index contributed by atoms with van der Waals surface area (Å²) < 4.78 is 4.76. The summed E-state index contributed by atoms with van der Waals surface area (Å²) in [5.74, 6) is -0.140. The average Bonchev–Trinajstić information content (AvgIpc) is 3.24. The van der Waals surface area contributed by atoms with Crippen molar-refractivity contribution in [3.8, 4) is 0 Å². The lowest BCUT2D eigenvalue weighted by Gasteiger charge is -2.24. The van der Waals surface area contributed by atoms with Gasteiger partial charge in [0.05, 0.1) is 18.4 Å². The summed E-state index contributed by atoms with van der Waals surface area (Å²) in [5, 5.41) is 2.81. The first-order valence-corrected chi connectivity index (χ1v) is 12.1. The molecule has 1 atom stereocenters. The Kier molecular flexibility index (Phi) is 7.33. The molecule has 6 nitrogen and oxygen atoms in total. The fourth-order valence-corrected chi connectivity index (χ4v) is 5.08. The number of benzene rings is 3. The van der Waals surface area contributed by atoms with E-state index in [0.717, 1.165) is 17.5 Å². The van der Waals surface area contributed by atoms with Crippen LogP contribution < -0.4 is 5.32 Å². The van der Waals surface area contributed by atoms with Crippen molar-refractivity contribution in [1.82, 2.24) is 4.90 Å². The third-order valence-electron chi connectivity index (χ3n) is 5.82. The monoisotopic (exact) mass is 474 g/mol. The van der Waals surface area contributed by atoms with Gasteiger partial charge in [0.15, 0.2) is 0 Å². The molecule has 2 amide bonds. The van der Waals surface area contributed by atoms with Gasteiger partial charge >= 0.3 is 5.97 Å². The summed E-state index contributed by atoms with van der Waals surface area (Å²) in [6, 6.07) is 22.5. The molecule has 0 saturated carbocycles. The summed E-state index contributed by atoms with van der Waals surface area (Å²) in [4.78, 5) is 39.0. The van der Waals surface area contributed by atoms with Gasteiger partial charge in [0.2, 0.25) is 5.91 Å². The van der Waals surface area contributed by atoms with E-state index in [4.69, 9.17) is 4.74 Å². The molecule has 0 aliphatic carbocycles. The third-order valence-corrected chi connectivity index (χ3v) is 7.07. The van der Waals surface area contributed by atoms with Crippen molar-refractivity contribution in [2.45, 2.75) is 18.7 Å². The van der Waals surface area contributed by atoms with Crippen LogP contribution in [0.2, 0.25) is 0 Å². The van der Waals surface area contributed by atoms with Gasteiger partial charge in [-0.25, -0.2) is 4.79 Å². The minimum Gasteiger partial charge on any atom is -0.465 e. The Labute approximate surface area is 203 Å². The zero-order valence-electron chi connectivity index (χ0n) is 19.1. The molecular weight excluding hydrogens is 448 g/mol. The lowest BCUT2D eigenvalue weighted by molar-refractivity contribution is -0.128. The topological polar surface area (TPSA) is 75.7 Å². The SMILES string of the molecule is COC(=O)c1ccc(C)c(NC(=O)c2ccc(C3SCC(=O)N3CCc3ccccc3)cc2)c1. The third kappa shape index (κ3) is 5.31. The van der Waals surface area contributed by atoms with Gasteiger partial charge in [-0.1, -0.05) is 48.5 Å². The van der Waals surface area contributed by atoms with Crippen LogP contribution in [0.5, 0.6) is 0 Å². The largest absolute Gasteiger partial charge is 0.465 e. The van der Waals surface area contributed by atoms with E-state index in [2.05, 4.69) is 17.4 Å². The maximum Gasteiger partial charge on any atom is 0.337 e. The van der Waals surface area contributed by atoms with Gasteiger partial charge < -0.3 is 15.0 Å². The number of esters is 1. The number of methoxy groups -OCH3 is 1. The van der Waals surface area contributed by atoms with Crippen LogP contribution in [0.25, 0.3) is 0 Å². The summed E-state index contributed by atoms with van der Waals surface area (Å²) in [5.41, 5.74) is 4.46. The van der Waals surface area contributed by atoms with Crippen molar-refractivity contribution < 1.29 is 19.1 Å². The van der Waals surface area contributed by atoms with Crippen LogP contribution in [0.1, 0.15) is 42.8 Å². The first-order valence-electron chi connectivity index (χ1n) is 11.0. The Morgan fingerprint density at radius 3 is 2.44 bits per heavy atom. The number of rotatable bonds is 7. The molecule has 7 heteroatoms. The highest BCUT2D eigenvalue weighted by molar-refractivity contribution is 8.00. The van der Waals surface area contributed by atoms with Gasteiger partial charge in [-0.2, -0.15) is 0 Å². The van der Waals surface area contributed by atoms with Gasteiger partial charge in [-0.3, -0.25) is 9.59 Å².